The maximum Gasteiger partial charge on any atom is 0.410 e. The quantitative estimate of drug-likeness (QED) is 0.811. The number of hydrogen-bond acceptors (Lipinski definition) is 4. The van der Waals surface area contributed by atoms with Crippen molar-refractivity contribution in [3.63, 3.8) is 0 Å². The molecule has 0 spiro atoms. The lowest BCUT2D eigenvalue weighted by atomic mass is 10.0. The van der Waals surface area contributed by atoms with Crippen molar-refractivity contribution >= 4 is 6.09 Å². The van der Waals surface area contributed by atoms with Crippen LogP contribution in [-0.2, 0) is 11.3 Å². The minimum Gasteiger partial charge on any atom is -0.445 e. The van der Waals surface area contributed by atoms with Crippen LogP contribution in [0.1, 0.15) is 12.5 Å². The van der Waals surface area contributed by atoms with E-state index in [0.29, 0.717) is 6.54 Å². The van der Waals surface area contributed by atoms with E-state index < -0.39 is 17.7 Å². The molecule has 1 aromatic rings. The molecule has 0 aromatic heterocycles. The SMILES string of the molecule is CC1(O)CN(C(=O)OCc2ccccc2)CC1N. The van der Waals surface area contributed by atoms with E-state index in [1.54, 1.807) is 6.92 Å². The average molecular weight is 250 g/mol. The van der Waals surface area contributed by atoms with Gasteiger partial charge >= 0.3 is 6.09 Å². The van der Waals surface area contributed by atoms with E-state index >= 15 is 0 Å². The van der Waals surface area contributed by atoms with E-state index in [2.05, 4.69) is 0 Å². The van der Waals surface area contributed by atoms with Gasteiger partial charge in [0.15, 0.2) is 0 Å². The Morgan fingerprint density at radius 1 is 1.56 bits per heavy atom. The van der Waals surface area contributed by atoms with E-state index in [-0.39, 0.29) is 13.2 Å². The molecule has 18 heavy (non-hydrogen) atoms. The topological polar surface area (TPSA) is 75.8 Å². The Labute approximate surface area is 106 Å². The van der Waals surface area contributed by atoms with Crippen LogP contribution in [-0.4, -0.2) is 40.8 Å². The van der Waals surface area contributed by atoms with Gasteiger partial charge in [0, 0.05) is 6.54 Å². The van der Waals surface area contributed by atoms with Crippen molar-refractivity contribution in [1.82, 2.24) is 4.90 Å². The number of amides is 1. The Balaban J connectivity index is 1.87. The molecule has 0 saturated carbocycles. The largest absolute Gasteiger partial charge is 0.445 e. The van der Waals surface area contributed by atoms with Crippen LogP contribution in [0.4, 0.5) is 4.79 Å². The van der Waals surface area contributed by atoms with Crippen molar-refractivity contribution in [2.75, 3.05) is 13.1 Å². The van der Waals surface area contributed by atoms with Crippen molar-refractivity contribution in [2.24, 2.45) is 5.73 Å². The van der Waals surface area contributed by atoms with E-state index in [4.69, 9.17) is 10.5 Å². The predicted octanol–water partition coefficient (Wildman–Crippen LogP) is 0.717. The van der Waals surface area contributed by atoms with Gasteiger partial charge in [0.2, 0.25) is 0 Å². The Hall–Kier alpha value is -1.59. The second-order valence-corrected chi connectivity index (χ2v) is 4.88. The lowest BCUT2D eigenvalue weighted by Crippen LogP contribution is -2.44. The van der Waals surface area contributed by atoms with Crippen LogP contribution in [0.5, 0.6) is 0 Å². The number of aliphatic hydroxyl groups is 1. The van der Waals surface area contributed by atoms with Crippen LogP contribution in [0.25, 0.3) is 0 Å². The highest BCUT2D eigenvalue weighted by Crippen LogP contribution is 2.20. The molecular formula is C13H18N2O3. The predicted molar refractivity (Wildman–Crippen MR) is 66.8 cm³/mol. The van der Waals surface area contributed by atoms with Gasteiger partial charge in [0.05, 0.1) is 18.2 Å². The molecule has 5 heteroatoms. The number of carbonyl (C=O) groups is 1. The summed E-state index contributed by atoms with van der Waals surface area (Å²) in [5.41, 5.74) is 5.64. The van der Waals surface area contributed by atoms with Crippen LogP contribution in [0.3, 0.4) is 0 Å². The Kier molecular flexibility index (Phi) is 3.54. The van der Waals surface area contributed by atoms with Gasteiger partial charge in [-0.3, -0.25) is 0 Å². The summed E-state index contributed by atoms with van der Waals surface area (Å²) < 4.78 is 5.17. The zero-order valence-corrected chi connectivity index (χ0v) is 10.4. The third-order valence-electron chi connectivity index (χ3n) is 3.19. The molecule has 1 saturated heterocycles. The first kappa shape index (κ1) is 12.9. The molecule has 2 atom stereocenters. The van der Waals surface area contributed by atoms with Crippen molar-refractivity contribution in [1.29, 1.82) is 0 Å². The summed E-state index contributed by atoms with van der Waals surface area (Å²) in [6.07, 6.45) is -0.438. The number of ether oxygens (including phenoxy) is 1. The molecule has 0 aliphatic carbocycles. The lowest BCUT2D eigenvalue weighted by molar-refractivity contribution is 0.0501. The smallest absolute Gasteiger partial charge is 0.410 e. The molecule has 1 heterocycles. The van der Waals surface area contributed by atoms with Gasteiger partial charge in [-0.05, 0) is 12.5 Å². The number of nitrogens with two attached hydrogens (primary N) is 1. The molecule has 0 radical (unpaired) electrons. The van der Waals surface area contributed by atoms with Gasteiger partial charge in [0.1, 0.15) is 6.61 Å². The highest BCUT2D eigenvalue weighted by molar-refractivity contribution is 5.68. The standard InChI is InChI=1S/C13H18N2O3/c1-13(17)9-15(7-11(13)14)12(16)18-8-10-5-3-2-4-6-10/h2-6,11,17H,7-9,14H2,1H3. The van der Waals surface area contributed by atoms with Gasteiger partial charge in [-0.15, -0.1) is 0 Å². The fraction of sp³-hybridized carbons (Fsp3) is 0.462. The van der Waals surface area contributed by atoms with Gasteiger partial charge < -0.3 is 20.5 Å². The molecular weight excluding hydrogens is 232 g/mol. The second kappa shape index (κ2) is 4.96. The zero-order valence-electron chi connectivity index (χ0n) is 10.4. The lowest BCUT2D eigenvalue weighted by Gasteiger charge is -2.20. The summed E-state index contributed by atoms with van der Waals surface area (Å²) in [6.45, 7) is 2.39. The van der Waals surface area contributed by atoms with Crippen LogP contribution in [0, 0.1) is 0 Å². The monoisotopic (exact) mass is 250 g/mol. The Morgan fingerprint density at radius 2 is 2.22 bits per heavy atom. The molecule has 0 bridgehead atoms. The summed E-state index contributed by atoms with van der Waals surface area (Å²) >= 11 is 0. The van der Waals surface area contributed by atoms with Crippen LogP contribution in [0.15, 0.2) is 30.3 Å². The van der Waals surface area contributed by atoms with Crippen molar-refractivity contribution in [3.8, 4) is 0 Å². The van der Waals surface area contributed by atoms with E-state index in [1.165, 1.54) is 4.90 Å². The minimum atomic E-state index is -1.04. The number of nitrogens with zero attached hydrogens (tertiary/aromatic N) is 1. The fourth-order valence-electron chi connectivity index (χ4n) is 1.95. The van der Waals surface area contributed by atoms with E-state index in [1.807, 2.05) is 30.3 Å². The third kappa shape index (κ3) is 2.80. The number of carbonyl (C=O) groups excluding carboxylic acids is 1. The molecule has 1 aliphatic rings. The van der Waals surface area contributed by atoms with Crippen LogP contribution >= 0.6 is 0 Å². The first-order valence-corrected chi connectivity index (χ1v) is 5.92. The molecule has 1 aliphatic heterocycles. The van der Waals surface area contributed by atoms with Gasteiger partial charge in [-0.1, -0.05) is 30.3 Å². The van der Waals surface area contributed by atoms with Gasteiger partial charge in [0.25, 0.3) is 0 Å². The molecule has 3 N–H and O–H groups in total. The summed E-state index contributed by atoms with van der Waals surface area (Å²) in [7, 11) is 0. The first-order valence-electron chi connectivity index (χ1n) is 5.92. The normalized spacial score (nSPS) is 27.3. The number of rotatable bonds is 2. The molecule has 1 fully saturated rings. The van der Waals surface area contributed by atoms with Gasteiger partial charge in [-0.25, -0.2) is 4.79 Å². The van der Waals surface area contributed by atoms with Crippen molar-refractivity contribution in [3.05, 3.63) is 35.9 Å². The fourth-order valence-corrected chi connectivity index (χ4v) is 1.95. The van der Waals surface area contributed by atoms with Crippen molar-refractivity contribution < 1.29 is 14.6 Å². The second-order valence-electron chi connectivity index (χ2n) is 4.88. The summed E-state index contributed by atoms with van der Waals surface area (Å²) in [6, 6.07) is 9.03. The first-order chi connectivity index (χ1) is 8.49. The summed E-state index contributed by atoms with van der Waals surface area (Å²) in [5, 5.41) is 9.89. The Morgan fingerprint density at radius 3 is 2.78 bits per heavy atom. The highest BCUT2D eigenvalue weighted by Gasteiger charge is 2.41. The summed E-state index contributed by atoms with van der Waals surface area (Å²) in [4.78, 5) is 13.2. The minimum absolute atomic E-state index is 0.210. The van der Waals surface area contributed by atoms with Crippen LogP contribution in [0.2, 0.25) is 0 Å². The molecule has 5 nitrogen and oxygen atoms in total. The van der Waals surface area contributed by atoms with Crippen LogP contribution < -0.4 is 5.73 Å². The molecule has 1 aromatic carbocycles. The molecule has 98 valence electrons. The maximum atomic E-state index is 11.8. The summed E-state index contributed by atoms with van der Waals surface area (Å²) in [5.74, 6) is 0. The molecule has 2 unspecified atom stereocenters. The number of likely N-dealkylation sites (tertiary alicyclic amines) is 1. The van der Waals surface area contributed by atoms with Crippen molar-refractivity contribution in [2.45, 2.75) is 25.2 Å². The molecule has 1 amide bonds. The van der Waals surface area contributed by atoms with E-state index in [0.717, 1.165) is 5.56 Å². The number of hydrogen-bond donors (Lipinski definition) is 2. The maximum absolute atomic E-state index is 11.8. The Bertz CT molecular complexity index is 420. The average Bonchev–Trinajstić information content (AvgIpc) is 2.62. The zero-order chi connectivity index (χ0) is 13.2. The number of β-amino-alcohol motifs (C(OH)–C–C–N with tert-alkyl or cyclic N) is 1. The highest BCUT2D eigenvalue weighted by atomic mass is 16.6. The third-order valence-corrected chi connectivity index (χ3v) is 3.19. The van der Waals surface area contributed by atoms with Gasteiger partial charge in [-0.2, -0.15) is 0 Å². The van der Waals surface area contributed by atoms with E-state index in [9.17, 15) is 9.90 Å². The molecule has 2 rings (SSSR count). The number of benzene rings is 1.